The summed E-state index contributed by atoms with van der Waals surface area (Å²) in [6.07, 6.45) is 5.45. The van der Waals surface area contributed by atoms with Gasteiger partial charge in [0.05, 0.1) is 0 Å². The number of aliphatic carboxylic acids is 1. The second-order valence-electron chi connectivity index (χ2n) is 2.67. The van der Waals surface area contributed by atoms with E-state index in [1.165, 1.54) is 18.2 Å². The van der Waals surface area contributed by atoms with Gasteiger partial charge in [-0.1, -0.05) is 6.08 Å². The van der Waals surface area contributed by atoms with Crippen molar-refractivity contribution in [3.05, 3.63) is 12.2 Å². The van der Waals surface area contributed by atoms with Gasteiger partial charge in [0.2, 0.25) is 0 Å². The fourth-order valence-corrected chi connectivity index (χ4v) is 2.25. The molecule has 2 nitrogen and oxygen atoms in total. The van der Waals surface area contributed by atoms with E-state index >= 15 is 0 Å². The van der Waals surface area contributed by atoms with Gasteiger partial charge in [-0.05, 0) is 30.3 Å². The molecule has 1 atom stereocenters. The minimum atomic E-state index is -0.833. The highest BCUT2D eigenvalue weighted by molar-refractivity contribution is 7.99. The molecule has 3 heteroatoms. The van der Waals surface area contributed by atoms with Crippen molar-refractivity contribution in [2.24, 2.45) is 5.92 Å². The van der Waals surface area contributed by atoms with Gasteiger partial charge in [0.15, 0.2) is 0 Å². The van der Waals surface area contributed by atoms with Crippen molar-refractivity contribution in [2.45, 2.75) is 12.8 Å². The Balaban J connectivity index is 2.29. The zero-order valence-electron chi connectivity index (χ0n) is 6.32. The Morgan fingerprint density at radius 2 is 2.45 bits per heavy atom. The number of hydrogen-bond acceptors (Lipinski definition) is 2. The second-order valence-corrected chi connectivity index (χ2v) is 3.82. The normalized spacial score (nSPS) is 25.6. The SMILES string of the molecule is O=C(O)/C=C/C1CCCSC1. The van der Waals surface area contributed by atoms with Gasteiger partial charge < -0.3 is 5.11 Å². The predicted octanol–water partition coefficient (Wildman–Crippen LogP) is 1.77. The van der Waals surface area contributed by atoms with Crippen molar-refractivity contribution in [2.75, 3.05) is 11.5 Å². The average Bonchev–Trinajstić information content (AvgIpc) is 2.03. The van der Waals surface area contributed by atoms with Crippen molar-refractivity contribution in [3.8, 4) is 0 Å². The largest absolute Gasteiger partial charge is 0.478 e. The monoisotopic (exact) mass is 172 g/mol. The number of thioether (sulfide) groups is 1. The van der Waals surface area contributed by atoms with Gasteiger partial charge in [-0.2, -0.15) is 11.8 Å². The van der Waals surface area contributed by atoms with Crippen LogP contribution in [0, 0.1) is 5.92 Å². The van der Waals surface area contributed by atoms with Crippen LogP contribution in [-0.2, 0) is 4.79 Å². The van der Waals surface area contributed by atoms with Crippen LogP contribution >= 0.6 is 11.8 Å². The molecule has 1 rings (SSSR count). The third-order valence-corrected chi connectivity index (χ3v) is 2.95. The first-order chi connectivity index (χ1) is 5.29. The Morgan fingerprint density at radius 3 is 3.00 bits per heavy atom. The summed E-state index contributed by atoms with van der Waals surface area (Å²) in [5.74, 6) is 1.98. The molecule has 11 heavy (non-hydrogen) atoms. The molecule has 0 aromatic heterocycles. The van der Waals surface area contributed by atoms with Crippen LogP contribution in [0.3, 0.4) is 0 Å². The van der Waals surface area contributed by atoms with Crippen molar-refractivity contribution >= 4 is 17.7 Å². The Bertz CT molecular complexity index is 159. The summed E-state index contributed by atoms with van der Waals surface area (Å²) < 4.78 is 0. The minimum Gasteiger partial charge on any atom is -0.478 e. The lowest BCUT2D eigenvalue weighted by Crippen LogP contribution is -2.07. The molecule has 1 fully saturated rings. The fourth-order valence-electron chi connectivity index (χ4n) is 1.14. The van der Waals surface area contributed by atoms with Gasteiger partial charge >= 0.3 is 5.97 Å². The number of allylic oxidation sites excluding steroid dienone is 1. The van der Waals surface area contributed by atoms with Gasteiger partial charge in [0.25, 0.3) is 0 Å². The van der Waals surface area contributed by atoms with Gasteiger partial charge in [-0.25, -0.2) is 4.79 Å². The van der Waals surface area contributed by atoms with E-state index in [1.54, 1.807) is 0 Å². The van der Waals surface area contributed by atoms with Crippen LogP contribution in [0.5, 0.6) is 0 Å². The summed E-state index contributed by atoms with van der Waals surface area (Å²) >= 11 is 1.91. The molecule has 1 saturated heterocycles. The molecule has 0 bridgehead atoms. The highest BCUT2D eigenvalue weighted by Gasteiger charge is 2.10. The van der Waals surface area contributed by atoms with E-state index in [9.17, 15) is 4.79 Å². The molecule has 62 valence electrons. The molecule has 0 aromatic carbocycles. The third-order valence-electron chi connectivity index (χ3n) is 1.71. The van der Waals surface area contributed by atoms with Crippen LogP contribution in [0.25, 0.3) is 0 Å². The quantitative estimate of drug-likeness (QED) is 0.645. The van der Waals surface area contributed by atoms with E-state index in [-0.39, 0.29) is 0 Å². The number of carboxylic acid groups (broad SMARTS) is 1. The van der Waals surface area contributed by atoms with Gasteiger partial charge in [-0.3, -0.25) is 0 Å². The molecule has 1 N–H and O–H groups in total. The lowest BCUT2D eigenvalue weighted by Gasteiger charge is -2.16. The molecule has 1 aliphatic rings. The van der Waals surface area contributed by atoms with E-state index in [4.69, 9.17) is 5.11 Å². The van der Waals surface area contributed by atoms with Crippen LogP contribution in [0.2, 0.25) is 0 Å². The lowest BCUT2D eigenvalue weighted by atomic mass is 10.1. The summed E-state index contributed by atoms with van der Waals surface area (Å²) in [7, 11) is 0. The minimum absolute atomic E-state index is 0.491. The van der Waals surface area contributed by atoms with Crippen LogP contribution in [0.15, 0.2) is 12.2 Å². The number of hydrogen-bond donors (Lipinski definition) is 1. The molecular formula is C8H12O2S. The Kier molecular flexibility index (Phi) is 3.49. The molecule has 0 aliphatic carbocycles. The van der Waals surface area contributed by atoms with Crippen molar-refractivity contribution in [3.63, 3.8) is 0 Å². The van der Waals surface area contributed by atoms with Crippen molar-refractivity contribution in [1.82, 2.24) is 0 Å². The van der Waals surface area contributed by atoms with Crippen LogP contribution in [0.1, 0.15) is 12.8 Å². The van der Waals surface area contributed by atoms with Crippen molar-refractivity contribution < 1.29 is 9.90 Å². The van der Waals surface area contributed by atoms with Crippen LogP contribution in [-0.4, -0.2) is 22.6 Å². The van der Waals surface area contributed by atoms with Gasteiger partial charge in [-0.15, -0.1) is 0 Å². The Labute approximate surface area is 70.7 Å². The predicted molar refractivity (Wildman–Crippen MR) is 46.8 cm³/mol. The van der Waals surface area contributed by atoms with E-state index in [2.05, 4.69) is 0 Å². The molecule has 1 heterocycles. The van der Waals surface area contributed by atoms with Crippen LogP contribution in [0.4, 0.5) is 0 Å². The maximum absolute atomic E-state index is 10.1. The van der Waals surface area contributed by atoms with Crippen molar-refractivity contribution in [1.29, 1.82) is 0 Å². The van der Waals surface area contributed by atoms with Gasteiger partial charge in [0.1, 0.15) is 0 Å². The summed E-state index contributed by atoms with van der Waals surface area (Å²) in [5, 5.41) is 8.35. The summed E-state index contributed by atoms with van der Waals surface area (Å²) in [4.78, 5) is 10.1. The first kappa shape index (κ1) is 8.65. The molecule has 0 spiro atoms. The van der Waals surface area contributed by atoms with E-state index in [1.807, 2.05) is 17.8 Å². The smallest absolute Gasteiger partial charge is 0.327 e. The fraction of sp³-hybridized carbons (Fsp3) is 0.625. The summed E-state index contributed by atoms with van der Waals surface area (Å²) in [6, 6.07) is 0. The highest BCUT2D eigenvalue weighted by atomic mass is 32.2. The molecule has 0 aromatic rings. The zero-order chi connectivity index (χ0) is 8.10. The highest BCUT2D eigenvalue weighted by Crippen LogP contribution is 2.23. The first-order valence-corrected chi connectivity index (χ1v) is 4.93. The molecule has 1 aliphatic heterocycles. The maximum Gasteiger partial charge on any atom is 0.327 e. The maximum atomic E-state index is 10.1. The average molecular weight is 172 g/mol. The van der Waals surface area contributed by atoms with Gasteiger partial charge in [0, 0.05) is 6.08 Å². The van der Waals surface area contributed by atoms with Crippen LogP contribution < -0.4 is 0 Å². The molecule has 0 amide bonds. The first-order valence-electron chi connectivity index (χ1n) is 3.78. The Morgan fingerprint density at radius 1 is 1.64 bits per heavy atom. The summed E-state index contributed by atoms with van der Waals surface area (Å²) in [5.41, 5.74) is 0. The standard InChI is InChI=1S/C8H12O2S/c9-8(10)4-3-7-2-1-5-11-6-7/h3-4,7H,1-2,5-6H2,(H,9,10)/b4-3+. The van der Waals surface area contributed by atoms with E-state index in [0.717, 1.165) is 12.2 Å². The zero-order valence-corrected chi connectivity index (χ0v) is 7.14. The molecule has 0 saturated carbocycles. The number of carboxylic acids is 1. The van der Waals surface area contributed by atoms with E-state index < -0.39 is 5.97 Å². The lowest BCUT2D eigenvalue weighted by molar-refractivity contribution is -0.131. The number of rotatable bonds is 2. The summed E-state index contributed by atoms with van der Waals surface area (Å²) in [6.45, 7) is 0. The topological polar surface area (TPSA) is 37.3 Å². The van der Waals surface area contributed by atoms with E-state index in [0.29, 0.717) is 5.92 Å². The second kappa shape index (κ2) is 4.44. The number of carbonyl (C=O) groups is 1. The Hall–Kier alpha value is -0.440. The molecular weight excluding hydrogens is 160 g/mol. The molecule has 1 unspecified atom stereocenters. The molecule has 0 radical (unpaired) electrons. The third kappa shape index (κ3) is 3.46.